The van der Waals surface area contributed by atoms with Gasteiger partial charge < -0.3 is 9.80 Å². The molecular formula is C21H26Cl2N4O. The van der Waals surface area contributed by atoms with Gasteiger partial charge in [0, 0.05) is 43.9 Å². The second kappa shape index (κ2) is 9.10. The fourth-order valence-corrected chi connectivity index (χ4v) is 3.86. The molecule has 3 rings (SSSR count). The number of nitrogens with zero attached hydrogens (tertiary/aromatic N) is 4. The van der Waals surface area contributed by atoms with Crippen LogP contribution in [0.5, 0.6) is 0 Å². The number of hydrogen-bond acceptors (Lipinski definition) is 4. The van der Waals surface area contributed by atoms with Gasteiger partial charge in [-0.1, -0.05) is 53.0 Å². The molecule has 1 amide bonds. The van der Waals surface area contributed by atoms with Crippen molar-refractivity contribution in [2.75, 3.05) is 31.1 Å². The molecule has 5 nitrogen and oxygen atoms in total. The summed E-state index contributed by atoms with van der Waals surface area (Å²) in [5, 5.41) is 0. The van der Waals surface area contributed by atoms with Crippen molar-refractivity contribution in [2.45, 2.75) is 38.4 Å². The molecule has 1 fully saturated rings. The molecule has 0 radical (unpaired) electrons. The summed E-state index contributed by atoms with van der Waals surface area (Å²) < 4.78 is 0. The second-order valence-electron chi connectivity index (χ2n) is 7.29. The van der Waals surface area contributed by atoms with Crippen molar-refractivity contribution < 1.29 is 4.79 Å². The van der Waals surface area contributed by atoms with E-state index in [1.165, 1.54) is 11.1 Å². The third-order valence-electron chi connectivity index (χ3n) is 5.10. The van der Waals surface area contributed by atoms with Crippen LogP contribution >= 0.6 is 23.2 Å². The Labute approximate surface area is 176 Å². The van der Waals surface area contributed by atoms with E-state index in [2.05, 4.69) is 41.1 Å². The number of alkyl halides is 2. The number of anilines is 1. The first-order chi connectivity index (χ1) is 13.3. The SMILES string of the molecule is Cc1ccc(Cc2c(C)nc(C)nc2N2CCCN(C(=O)C(Cl)Cl)CC2)cc1. The monoisotopic (exact) mass is 420 g/mol. The third-order valence-corrected chi connectivity index (χ3v) is 5.47. The maximum absolute atomic E-state index is 12.2. The molecule has 2 heterocycles. The summed E-state index contributed by atoms with van der Waals surface area (Å²) in [7, 11) is 0. The van der Waals surface area contributed by atoms with E-state index in [-0.39, 0.29) is 5.91 Å². The second-order valence-corrected chi connectivity index (χ2v) is 8.38. The Hall–Kier alpha value is -1.85. The van der Waals surface area contributed by atoms with Gasteiger partial charge in [0.2, 0.25) is 0 Å². The Kier molecular flexibility index (Phi) is 6.78. The predicted octanol–water partition coefficient (Wildman–Crippen LogP) is 3.84. The van der Waals surface area contributed by atoms with E-state index in [1.54, 1.807) is 4.90 Å². The molecule has 0 atom stereocenters. The van der Waals surface area contributed by atoms with Gasteiger partial charge >= 0.3 is 0 Å². The minimum absolute atomic E-state index is 0.222. The van der Waals surface area contributed by atoms with Crippen LogP contribution in [0.4, 0.5) is 5.82 Å². The highest BCUT2D eigenvalue weighted by atomic mass is 35.5. The number of halogens is 2. The van der Waals surface area contributed by atoms with Gasteiger partial charge in [0.05, 0.1) is 0 Å². The standard InChI is InChI=1S/C21H26Cl2N4O/c1-14-5-7-17(8-6-14)13-18-15(2)24-16(3)25-20(18)26-9-4-10-27(12-11-26)21(28)19(22)23/h5-8,19H,4,9-13H2,1-3H3. The third kappa shape index (κ3) is 4.95. The summed E-state index contributed by atoms with van der Waals surface area (Å²) in [4.78, 5) is 24.5. The lowest BCUT2D eigenvalue weighted by Gasteiger charge is -2.26. The molecule has 1 saturated heterocycles. The lowest BCUT2D eigenvalue weighted by molar-refractivity contribution is -0.129. The van der Waals surface area contributed by atoms with E-state index < -0.39 is 4.84 Å². The Bertz CT molecular complexity index is 839. The first kappa shape index (κ1) is 20.9. The summed E-state index contributed by atoms with van der Waals surface area (Å²) >= 11 is 11.6. The quantitative estimate of drug-likeness (QED) is 0.704. The predicted molar refractivity (Wildman–Crippen MR) is 114 cm³/mol. The van der Waals surface area contributed by atoms with Gasteiger partial charge in [0.25, 0.3) is 5.91 Å². The van der Waals surface area contributed by atoms with E-state index in [0.717, 1.165) is 42.3 Å². The molecule has 0 spiro atoms. The maximum Gasteiger partial charge on any atom is 0.255 e. The van der Waals surface area contributed by atoms with Crippen LogP contribution in [0.1, 0.15) is 34.6 Å². The number of carbonyl (C=O) groups is 1. The molecule has 150 valence electrons. The minimum Gasteiger partial charge on any atom is -0.354 e. The van der Waals surface area contributed by atoms with Crippen molar-refractivity contribution >= 4 is 34.9 Å². The smallest absolute Gasteiger partial charge is 0.255 e. The number of aryl methyl sites for hydroxylation is 3. The summed E-state index contributed by atoms with van der Waals surface area (Å²) in [6.45, 7) is 8.82. The van der Waals surface area contributed by atoms with E-state index in [9.17, 15) is 4.79 Å². The number of benzene rings is 1. The van der Waals surface area contributed by atoms with Crippen molar-refractivity contribution in [1.29, 1.82) is 0 Å². The molecule has 7 heteroatoms. The largest absolute Gasteiger partial charge is 0.354 e. The molecule has 0 N–H and O–H groups in total. The van der Waals surface area contributed by atoms with Crippen LogP contribution in [0.15, 0.2) is 24.3 Å². The van der Waals surface area contributed by atoms with Crippen LogP contribution in [0.3, 0.4) is 0 Å². The van der Waals surface area contributed by atoms with Crippen molar-refractivity contribution in [3.63, 3.8) is 0 Å². The van der Waals surface area contributed by atoms with Gasteiger partial charge in [0.1, 0.15) is 11.6 Å². The van der Waals surface area contributed by atoms with Crippen LogP contribution in [-0.4, -0.2) is 51.8 Å². The summed E-state index contributed by atoms with van der Waals surface area (Å²) in [5.74, 6) is 1.51. The fraction of sp³-hybridized carbons (Fsp3) is 0.476. The molecule has 1 aliphatic heterocycles. The van der Waals surface area contributed by atoms with Crippen molar-refractivity contribution in [3.8, 4) is 0 Å². The molecule has 0 unspecified atom stereocenters. The lowest BCUT2D eigenvalue weighted by Crippen LogP contribution is -2.38. The van der Waals surface area contributed by atoms with Gasteiger partial charge in [-0.2, -0.15) is 0 Å². The zero-order valence-electron chi connectivity index (χ0n) is 16.6. The first-order valence-electron chi connectivity index (χ1n) is 9.56. The van der Waals surface area contributed by atoms with Gasteiger partial charge in [0.15, 0.2) is 4.84 Å². The highest BCUT2D eigenvalue weighted by Crippen LogP contribution is 2.25. The van der Waals surface area contributed by atoms with E-state index in [1.807, 2.05) is 13.8 Å². The van der Waals surface area contributed by atoms with Gasteiger partial charge in [-0.3, -0.25) is 4.79 Å². The number of rotatable bonds is 4. The molecule has 1 aromatic carbocycles. The molecule has 28 heavy (non-hydrogen) atoms. The van der Waals surface area contributed by atoms with Gasteiger partial charge in [-0.15, -0.1) is 0 Å². The van der Waals surface area contributed by atoms with Crippen LogP contribution in [-0.2, 0) is 11.2 Å². The fourth-order valence-electron chi connectivity index (χ4n) is 3.58. The first-order valence-corrected chi connectivity index (χ1v) is 10.4. The van der Waals surface area contributed by atoms with Crippen molar-refractivity contribution in [2.24, 2.45) is 0 Å². The van der Waals surface area contributed by atoms with Crippen molar-refractivity contribution in [1.82, 2.24) is 14.9 Å². The minimum atomic E-state index is -1.01. The molecule has 1 aliphatic rings. The number of aromatic nitrogens is 2. The summed E-state index contributed by atoms with van der Waals surface area (Å²) in [5.41, 5.74) is 4.62. The number of carbonyl (C=O) groups excluding carboxylic acids is 1. The van der Waals surface area contributed by atoms with E-state index in [0.29, 0.717) is 19.6 Å². The Morgan fingerprint density at radius 3 is 2.43 bits per heavy atom. The zero-order chi connectivity index (χ0) is 20.3. The summed E-state index contributed by atoms with van der Waals surface area (Å²) in [6, 6.07) is 8.57. The number of hydrogen-bond donors (Lipinski definition) is 0. The van der Waals surface area contributed by atoms with Crippen LogP contribution in [0.25, 0.3) is 0 Å². The zero-order valence-corrected chi connectivity index (χ0v) is 18.1. The van der Waals surface area contributed by atoms with Gasteiger partial charge in [-0.25, -0.2) is 9.97 Å². The number of amides is 1. The molecule has 1 aromatic heterocycles. The van der Waals surface area contributed by atoms with E-state index >= 15 is 0 Å². The Morgan fingerprint density at radius 2 is 1.75 bits per heavy atom. The highest BCUT2D eigenvalue weighted by molar-refractivity contribution is 6.53. The topological polar surface area (TPSA) is 49.3 Å². The normalized spacial score (nSPS) is 15.1. The molecule has 2 aromatic rings. The average Bonchev–Trinajstić information content (AvgIpc) is 2.90. The highest BCUT2D eigenvalue weighted by Gasteiger charge is 2.25. The van der Waals surface area contributed by atoms with E-state index in [4.69, 9.17) is 28.2 Å². The maximum atomic E-state index is 12.2. The molecule has 0 saturated carbocycles. The summed E-state index contributed by atoms with van der Waals surface area (Å²) in [6.07, 6.45) is 1.63. The van der Waals surface area contributed by atoms with Crippen LogP contribution < -0.4 is 4.90 Å². The Morgan fingerprint density at radius 1 is 1.04 bits per heavy atom. The lowest BCUT2D eigenvalue weighted by atomic mass is 10.0. The van der Waals surface area contributed by atoms with Gasteiger partial charge in [-0.05, 0) is 32.8 Å². The van der Waals surface area contributed by atoms with Crippen LogP contribution in [0, 0.1) is 20.8 Å². The molecule has 0 bridgehead atoms. The molecule has 0 aliphatic carbocycles. The van der Waals surface area contributed by atoms with Crippen LogP contribution in [0.2, 0.25) is 0 Å². The average molecular weight is 421 g/mol. The Balaban J connectivity index is 1.86. The molecular weight excluding hydrogens is 395 g/mol. The van der Waals surface area contributed by atoms with Crippen molar-refractivity contribution in [3.05, 3.63) is 52.5 Å².